The molecule has 17 heavy (non-hydrogen) atoms. The standard InChI is InChI=1S/C14H19NO2/c1-10-4-5-13(11(2)8-10)6-7-14(17)15-12(3)9-16/h4-8,12,16H,9H2,1-3H3,(H,15,17)/t12-/m0/s1. The molecule has 0 heterocycles. The van der Waals surface area contributed by atoms with Crippen molar-refractivity contribution in [2.24, 2.45) is 0 Å². The van der Waals surface area contributed by atoms with Gasteiger partial charge in [0, 0.05) is 12.1 Å². The van der Waals surface area contributed by atoms with Gasteiger partial charge in [-0.3, -0.25) is 4.79 Å². The first-order valence-electron chi connectivity index (χ1n) is 5.69. The minimum absolute atomic E-state index is 0.0524. The predicted molar refractivity (Wildman–Crippen MR) is 69.6 cm³/mol. The molecule has 1 rings (SSSR count). The van der Waals surface area contributed by atoms with Crippen molar-refractivity contribution in [3.63, 3.8) is 0 Å². The average Bonchev–Trinajstić information content (AvgIpc) is 2.27. The highest BCUT2D eigenvalue weighted by atomic mass is 16.3. The first kappa shape index (κ1) is 13.5. The summed E-state index contributed by atoms with van der Waals surface area (Å²) in [4.78, 5) is 11.5. The second-order valence-electron chi connectivity index (χ2n) is 4.29. The smallest absolute Gasteiger partial charge is 0.244 e. The third-order valence-electron chi connectivity index (χ3n) is 2.50. The van der Waals surface area contributed by atoms with Crippen LogP contribution in [0.2, 0.25) is 0 Å². The van der Waals surface area contributed by atoms with Crippen LogP contribution in [0.3, 0.4) is 0 Å². The van der Waals surface area contributed by atoms with E-state index in [2.05, 4.69) is 11.4 Å². The molecule has 1 aromatic rings. The summed E-state index contributed by atoms with van der Waals surface area (Å²) in [5, 5.41) is 11.5. The summed E-state index contributed by atoms with van der Waals surface area (Å²) in [6, 6.07) is 5.87. The Morgan fingerprint density at radius 1 is 1.47 bits per heavy atom. The van der Waals surface area contributed by atoms with E-state index in [-0.39, 0.29) is 18.6 Å². The summed E-state index contributed by atoms with van der Waals surface area (Å²) in [5.74, 6) is -0.188. The zero-order valence-electron chi connectivity index (χ0n) is 10.5. The van der Waals surface area contributed by atoms with E-state index in [1.54, 1.807) is 13.0 Å². The van der Waals surface area contributed by atoms with Crippen LogP contribution in [0.25, 0.3) is 6.08 Å². The number of aliphatic hydroxyl groups excluding tert-OH is 1. The zero-order valence-corrected chi connectivity index (χ0v) is 10.5. The van der Waals surface area contributed by atoms with Crippen molar-refractivity contribution in [3.8, 4) is 0 Å². The van der Waals surface area contributed by atoms with E-state index in [0.29, 0.717) is 0 Å². The van der Waals surface area contributed by atoms with Crippen molar-refractivity contribution in [2.75, 3.05) is 6.61 Å². The highest BCUT2D eigenvalue weighted by molar-refractivity contribution is 5.92. The Kier molecular flexibility index (Phi) is 4.91. The van der Waals surface area contributed by atoms with Crippen LogP contribution >= 0.6 is 0 Å². The third kappa shape index (κ3) is 4.41. The van der Waals surface area contributed by atoms with Gasteiger partial charge in [0.2, 0.25) is 5.91 Å². The molecule has 0 unspecified atom stereocenters. The number of aliphatic hydroxyl groups is 1. The lowest BCUT2D eigenvalue weighted by molar-refractivity contribution is -0.117. The van der Waals surface area contributed by atoms with E-state index >= 15 is 0 Å². The second kappa shape index (κ2) is 6.21. The molecule has 0 saturated carbocycles. The second-order valence-corrected chi connectivity index (χ2v) is 4.29. The molecule has 3 heteroatoms. The van der Waals surface area contributed by atoms with Crippen molar-refractivity contribution in [3.05, 3.63) is 41.0 Å². The molecule has 2 N–H and O–H groups in total. The molecule has 3 nitrogen and oxygen atoms in total. The van der Waals surface area contributed by atoms with Crippen LogP contribution < -0.4 is 5.32 Å². The van der Waals surface area contributed by atoms with Crippen LogP contribution in [0.15, 0.2) is 24.3 Å². The Morgan fingerprint density at radius 2 is 2.18 bits per heavy atom. The van der Waals surface area contributed by atoms with Crippen molar-refractivity contribution >= 4 is 12.0 Å². The highest BCUT2D eigenvalue weighted by Gasteiger charge is 2.02. The number of hydrogen-bond donors (Lipinski definition) is 2. The first-order valence-corrected chi connectivity index (χ1v) is 5.69. The van der Waals surface area contributed by atoms with Crippen LogP contribution in [0, 0.1) is 13.8 Å². The Hall–Kier alpha value is -1.61. The highest BCUT2D eigenvalue weighted by Crippen LogP contribution is 2.11. The van der Waals surface area contributed by atoms with Crippen LogP contribution in [0.4, 0.5) is 0 Å². The Morgan fingerprint density at radius 3 is 2.76 bits per heavy atom. The molecule has 1 amide bonds. The summed E-state index contributed by atoms with van der Waals surface area (Å²) in [5.41, 5.74) is 3.38. The van der Waals surface area contributed by atoms with Gasteiger partial charge >= 0.3 is 0 Å². The summed E-state index contributed by atoms with van der Waals surface area (Å²) in [7, 11) is 0. The summed E-state index contributed by atoms with van der Waals surface area (Å²) in [6.07, 6.45) is 3.28. The van der Waals surface area contributed by atoms with Gasteiger partial charge in [0.05, 0.1) is 6.61 Å². The van der Waals surface area contributed by atoms with Gasteiger partial charge in [0.1, 0.15) is 0 Å². The lowest BCUT2D eigenvalue weighted by Crippen LogP contribution is -2.33. The fourth-order valence-electron chi connectivity index (χ4n) is 1.51. The SMILES string of the molecule is Cc1ccc(C=CC(=O)N[C@@H](C)CO)c(C)c1. The normalized spacial score (nSPS) is 12.7. The fourth-order valence-corrected chi connectivity index (χ4v) is 1.51. The largest absolute Gasteiger partial charge is 0.394 e. The van der Waals surface area contributed by atoms with E-state index in [1.807, 2.05) is 26.0 Å². The molecule has 0 bridgehead atoms. The molecule has 0 aliphatic rings. The lowest BCUT2D eigenvalue weighted by atomic mass is 10.1. The van der Waals surface area contributed by atoms with Gasteiger partial charge in [-0.05, 0) is 38.0 Å². The minimum atomic E-state index is -0.216. The van der Waals surface area contributed by atoms with Crippen LogP contribution in [0.5, 0.6) is 0 Å². The van der Waals surface area contributed by atoms with E-state index in [0.717, 1.165) is 11.1 Å². The average molecular weight is 233 g/mol. The van der Waals surface area contributed by atoms with Crippen molar-refractivity contribution in [1.82, 2.24) is 5.32 Å². The molecule has 0 aromatic heterocycles. The molecule has 0 spiro atoms. The molecular weight excluding hydrogens is 214 g/mol. The van der Waals surface area contributed by atoms with Gasteiger partial charge in [-0.2, -0.15) is 0 Å². The Balaban J connectivity index is 2.67. The summed E-state index contributed by atoms with van der Waals surface area (Å²) >= 11 is 0. The molecule has 92 valence electrons. The third-order valence-corrected chi connectivity index (χ3v) is 2.50. The summed E-state index contributed by atoms with van der Waals surface area (Å²) < 4.78 is 0. The number of aryl methyl sites for hydroxylation is 2. The van der Waals surface area contributed by atoms with E-state index in [4.69, 9.17) is 5.11 Å². The number of benzene rings is 1. The van der Waals surface area contributed by atoms with Crippen molar-refractivity contribution < 1.29 is 9.90 Å². The number of carbonyl (C=O) groups excluding carboxylic acids is 1. The van der Waals surface area contributed by atoms with E-state index < -0.39 is 0 Å². The summed E-state index contributed by atoms with van der Waals surface area (Å²) in [6.45, 7) is 5.75. The molecule has 0 saturated heterocycles. The number of nitrogens with one attached hydrogen (secondary N) is 1. The van der Waals surface area contributed by atoms with Gasteiger partial charge in [-0.1, -0.05) is 23.8 Å². The van der Waals surface area contributed by atoms with Gasteiger partial charge in [0.15, 0.2) is 0 Å². The molecule has 0 radical (unpaired) electrons. The van der Waals surface area contributed by atoms with Crippen molar-refractivity contribution in [2.45, 2.75) is 26.8 Å². The lowest BCUT2D eigenvalue weighted by Gasteiger charge is -2.08. The topological polar surface area (TPSA) is 49.3 Å². The maximum atomic E-state index is 11.5. The van der Waals surface area contributed by atoms with Gasteiger partial charge < -0.3 is 10.4 Å². The molecular formula is C14H19NO2. The predicted octanol–water partition coefficient (Wildman–Crippen LogP) is 1.81. The maximum Gasteiger partial charge on any atom is 0.244 e. The molecule has 1 atom stereocenters. The zero-order chi connectivity index (χ0) is 12.8. The number of rotatable bonds is 4. The number of carbonyl (C=O) groups is 1. The quantitative estimate of drug-likeness (QED) is 0.779. The van der Waals surface area contributed by atoms with Gasteiger partial charge in [-0.15, -0.1) is 0 Å². The van der Waals surface area contributed by atoms with E-state index in [9.17, 15) is 4.79 Å². The van der Waals surface area contributed by atoms with Crippen LogP contribution in [0.1, 0.15) is 23.6 Å². The number of amides is 1. The molecule has 1 aromatic carbocycles. The minimum Gasteiger partial charge on any atom is -0.394 e. The monoisotopic (exact) mass is 233 g/mol. The Bertz CT molecular complexity index is 424. The van der Waals surface area contributed by atoms with Crippen molar-refractivity contribution in [1.29, 1.82) is 0 Å². The fraction of sp³-hybridized carbons (Fsp3) is 0.357. The van der Waals surface area contributed by atoms with E-state index in [1.165, 1.54) is 11.6 Å². The molecule has 0 aliphatic carbocycles. The van der Waals surface area contributed by atoms with Gasteiger partial charge in [0.25, 0.3) is 0 Å². The van der Waals surface area contributed by atoms with Crippen LogP contribution in [-0.4, -0.2) is 23.7 Å². The van der Waals surface area contributed by atoms with Crippen LogP contribution in [-0.2, 0) is 4.79 Å². The van der Waals surface area contributed by atoms with Gasteiger partial charge in [-0.25, -0.2) is 0 Å². The molecule has 0 aliphatic heterocycles. The number of hydrogen-bond acceptors (Lipinski definition) is 2. The molecule has 0 fully saturated rings. The first-order chi connectivity index (χ1) is 8.02. The Labute approximate surface area is 102 Å². The maximum absolute atomic E-state index is 11.5.